The van der Waals surface area contributed by atoms with Crippen molar-refractivity contribution < 1.29 is 8.76 Å². The predicted octanol–water partition coefficient (Wildman–Crippen LogP) is -2.20. The molecule has 1 unspecified atom stereocenters. The average molecular weight is 138 g/mol. The van der Waals surface area contributed by atoms with Crippen LogP contribution in [0.3, 0.4) is 0 Å². The lowest BCUT2D eigenvalue weighted by Gasteiger charge is -1.85. The van der Waals surface area contributed by atoms with Crippen molar-refractivity contribution in [1.82, 2.24) is 0 Å². The summed E-state index contributed by atoms with van der Waals surface area (Å²) < 4.78 is 21.2. The molecule has 0 aromatic rings. The highest BCUT2D eigenvalue weighted by atomic mass is 32.2. The highest BCUT2D eigenvalue weighted by Gasteiger charge is 1.92. The van der Waals surface area contributed by atoms with Crippen molar-refractivity contribution >= 4 is 26.7 Å². The second-order valence-electron chi connectivity index (χ2n) is 0.811. The number of hydrogen-bond acceptors (Lipinski definition) is 2. The molecule has 0 heterocycles. The maximum atomic E-state index is 9.81. The van der Waals surface area contributed by atoms with Crippen LogP contribution in [0, 0.1) is 0 Å². The average Bonchev–Trinajstić information content (AvgIpc) is 1.65. The topological polar surface area (TPSA) is 75.7 Å². The van der Waals surface area contributed by atoms with E-state index >= 15 is 0 Å². The number of hydrogen-bond donors (Lipinski definition) is 2. The molecule has 0 aromatic carbocycles. The van der Waals surface area contributed by atoms with Crippen LogP contribution in [-0.2, 0) is 11.1 Å². The lowest BCUT2D eigenvalue weighted by Crippen LogP contribution is -2.17. The zero-order valence-electron chi connectivity index (χ0n) is 3.79. The van der Waals surface area contributed by atoms with Crippen molar-refractivity contribution in [3.05, 3.63) is 0 Å². The maximum absolute atomic E-state index is 9.81. The predicted molar refractivity (Wildman–Crippen MR) is 32.3 cm³/mol. The Morgan fingerprint density at radius 1 is 2.00 bits per heavy atom. The third-order valence-corrected chi connectivity index (χ3v) is 1.75. The third-order valence-electron chi connectivity index (χ3n) is 0.399. The molecular formula is CH6N2O2SSi. The van der Waals surface area contributed by atoms with Gasteiger partial charge in [-0.1, -0.05) is 0 Å². The molecule has 0 saturated heterocycles. The van der Waals surface area contributed by atoms with Gasteiger partial charge in [-0.2, -0.15) is 0 Å². The first-order valence-corrected chi connectivity index (χ1v) is 3.51. The van der Waals surface area contributed by atoms with E-state index in [0.29, 0.717) is 10.4 Å². The molecular weight excluding hydrogens is 132 g/mol. The first-order valence-electron chi connectivity index (χ1n) is 1.51. The monoisotopic (exact) mass is 138 g/mol. The van der Waals surface area contributed by atoms with E-state index in [1.165, 1.54) is 0 Å². The minimum atomic E-state index is -2.05. The van der Waals surface area contributed by atoms with Gasteiger partial charge in [0.2, 0.25) is 16.2 Å². The summed E-state index contributed by atoms with van der Waals surface area (Å²) in [4.78, 5) is 0. The minimum Gasteiger partial charge on any atom is -0.375 e. The van der Waals surface area contributed by atoms with Gasteiger partial charge >= 0.3 is 0 Å². The fraction of sp³-hybridized carbons (Fsp3) is 0. The summed E-state index contributed by atoms with van der Waals surface area (Å²) >= 11 is -2.05. The Balaban J connectivity index is 3.82. The zero-order valence-corrected chi connectivity index (χ0v) is 6.60. The Morgan fingerprint density at radius 2 is 2.43 bits per heavy atom. The van der Waals surface area contributed by atoms with Crippen molar-refractivity contribution in [2.24, 2.45) is 10.4 Å². The Morgan fingerprint density at radius 3 is 2.43 bits per heavy atom. The van der Waals surface area contributed by atoms with Crippen molar-refractivity contribution in [3.63, 3.8) is 0 Å². The molecule has 7 heavy (non-hydrogen) atoms. The van der Waals surface area contributed by atoms with Gasteiger partial charge in [0.15, 0.2) is 0 Å². The van der Waals surface area contributed by atoms with Gasteiger partial charge in [-0.15, -0.1) is 0 Å². The van der Waals surface area contributed by atoms with Crippen LogP contribution < -0.4 is 5.73 Å². The molecule has 0 rings (SSSR count). The van der Waals surface area contributed by atoms with Gasteiger partial charge in [-0.05, 0) is 0 Å². The zero-order chi connectivity index (χ0) is 5.86. The highest BCUT2D eigenvalue weighted by molar-refractivity contribution is 7.95. The van der Waals surface area contributed by atoms with Crippen LogP contribution in [0.2, 0.25) is 0 Å². The van der Waals surface area contributed by atoms with Crippen LogP contribution >= 0.6 is 0 Å². The molecule has 0 aliphatic rings. The van der Waals surface area contributed by atoms with E-state index in [0.717, 1.165) is 0 Å². The smallest absolute Gasteiger partial charge is 0.221 e. The van der Waals surface area contributed by atoms with Crippen LogP contribution in [0.5, 0.6) is 0 Å². The molecule has 0 aliphatic carbocycles. The Hall–Kier alpha value is -0.203. The minimum absolute atomic E-state index is 0.188. The van der Waals surface area contributed by atoms with Crippen molar-refractivity contribution in [2.75, 3.05) is 0 Å². The van der Waals surface area contributed by atoms with E-state index in [4.69, 9.17) is 10.3 Å². The number of nitrogens with two attached hydrogens (primary N) is 1. The third kappa shape index (κ3) is 2.49. The highest BCUT2D eigenvalue weighted by Crippen LogP contribution is 1.68. The van der Waals surface area contributed by atoms with Crippen LogP contribution in [0.15, 0.2) is 4.66 Å². The molecule has 0 radical (unpaired) electrons. The molecule has 4 nitrogen and oxygen atoms in total. The lowest BCUT2D eigenvalue weighted by atomic mass is 11.4. The summed E-state index contributed by atoms with van der Waals surface area (Å²) in [6.07, 6.45) is 0. The number of amidine groups is 1. The lowest BCUT2D eigenvalue weighted by molar-refractivity contribution is 0.577. The van der Waals surface area contributed by atoms with Crippen LogP contribution in [0.1, 0.15) is 0 Å². The molecule has 42 valence electrons. The largest absolute Gasteiger partial charge is 0.375 e. The molecule has 3 N–H and O–H groups in total. The first kappa shape index (κ1) is 6.80. The van der Waals surface area contributed by atoms with Gasteiger partial charge < -0.3 is 10.4 Å². The van der Waals surface area contributed by atoms with E-state index in [9.17, 15) is 4.21 Å². The SMILES string of the molecule is NC(=N[SiH3])S(=O)O. The van der Waals surface area contributed by atoms with E-state index in [1.54, 1.807) is 0 Å². The second kappa shape index (κ2) is 2.89. The van der Waals surface area contributed by atoms with Crippen LogP contribution in [-0.4, -0.2) is 24.3 Å². The van der Waals surface area contributed by atoms with Gasteiger partial charge in [0, 0.05) is 0 Å². The fourth-order valence-corrected chi connectivity index (χ4v) is 0.703. The Labute approximate surface area is 46.6 Å². The first-order chi connectivity index (χ1) is 3.18. The van der Waals surface area contributed by atoms with Crippen molar-refractivity contribution in [2.45, 2.75) is 0 Å². The molecule has 1 atom stereocenters. The summed E-state index contributed by atoms with van der Waals surface area (Å²) in [5.41, 5.74) is 4.85. The van der Waals surface area contributed by atoms with Crippen molar-refractivity contribution in [1.29, 1.82) is 0 Å². The molecule has 0 amide bonds. The van der Waals surface area contributed by atoms with Crippen LogP contribution in [0.25, 0.3) is 0 Å². The van der Waals surface area contributed by atoms with E-state index in [-0.39, 0.29) is 5.17 Å². The summed E-state index contributed by atoms with van der Waals surface area (Å²) in [7, 11) is 0.481. The van der Waals surface area contributed by atoms with E-state index in [2.05, 4.69) is 4.66 Å². The maximum Gasteiger partial charge on any atom is 0.221 e. The summed E-state index contributed by atoms with van der Waals surface area (Å²) in [6.45, 7) is 0. The van der Waals surface area contributed by atoms with Gasteiger partial charge in [0.05, 0.1) is 0 Å². The van der Waals surface area contributed by atoms with Gasteiger partial charge in [0.1, 0.15) is 10.4 Å². The summed E-state index contributed by atoms with van der Waals surface area (Å²) in [5, 5.41) is -0.188. The van der Waals surface area contributed by atoms with Crippen molar-refractivity contribution in [3.8, 4) is 0 Å². The normalized spacial score (nSPS) is 17.0. The number of rotatable bonds is 0. The fourth-order valence-electron chi connectivity index (χ4n) is 0.0781. The van der Waals surface area contributed by atoms with Gasteiger partial charge in [-0.3, -0.25) is 4.55 Å². The van der Waals surface area contributed by atoms with E-state index < -0.39 is 11.1 Å². The second-order valence-corrected chi connectivity index (χ2v) is 2.17. The summed E-state index contributed by atoms with van der Waals surface area (Å²) in [6, 6.07) is 0. The molecule has 0 bridgehead atoms. The van der Waals surface area contributed by atoms with E-state index in [1.807, 2.05) is 0 Å². The molecule has 0 spiro atoms. The van der Waals surface area contributed by atoms with Crippen LogP contribution in [0.4, 0.5) is 0 Å². The molecule has 6 heteroatoms. The molecule has 0 saturated carbocycles. The molecule has 0 aromatic heterocycles. The van der Waals surface area contributed by atoms with Gasteiger partial charge in [0.25, 0.3) is 0 Å². The molecule has 0 aliphatic heterocycles. The van der Waals surface area contributed by atoms with Gasteiger partial charge in [-0.25, -0.2) is 4.21 Å². The quantitative estimate of drug-likeness (QED) is 0.173. The Kier molecular flexibility index (Phi) is 2.80. The summed E-state index contributed by atoms with van der Waals surface area (Å²) in [5.74, 6) is 0. The molecule has 0 fully saturated rings. The Bertz CT molecular complexity index is 112. The number of nitrogens with zero attached hydrogens (tertiary/aromatic N) is 1. The standard InChI is InChI=1S/CH6N2O2SSi/c2-1(3-7)6(4)5/h7H3,(H2,2,3)(H,4,5).